The zero-order valence-electron chi connectivity index (χ0n) is 15.9. The Hall–Kier alpha value is -2.53. The number of hydrogen-bond acceptors (Lipinski definition) is 3. The highest BCUT2D eigenvalue weighted by atomic mass is 35.5. The van der Waals surface area contributed by atoms with Crippen molar-refractivity contribution in [3.8, 4) is 5.75 Å². The maximum atomic E-state index is 12.6. The van der Waals surface area contributed by atoms with Crippen molar-refractivity contribution in [1.29, 1.82) is 0 Å². The lowest BCUT2D eigenvalue weighted by molar-refractivity contribution is -0.122. The van der Waals surface area contributed by atoms with Gasteiger partial charge in [-0.15, -0.1) is 0 Å². The Balaban J connectivity index is 1.66. The summed E-state index contributed by atoms with van der Waals surface area (Å²) >= 11 is 6.10. The van der Waals surface area contributed by atoms with Crippen molar-refractivity contribution in [3.05, 3.63) is 52.0 Å². The lowest BCUT2D eigenvalue weighted by atomic mass is 10.1. The molecule has 1 fully saturated rings. The summed E-state index contributed by atoms with van der Waals surface area (Å²) in [6, 6.07) is 9.30. The average molecular weight is 387 g/mol. The monoisotopic (exact) mass is 386 g/mol. The second-order valence-corrected chi connectivity index (χ2v) is 7.40. The van der Waals surface area contributed by atoms with Crippen LogP contribution < -0.4 is 15.4 Å². The van der Waals surface area contributed by atoms with E-state index in [-0.39, 0.29) is 23.7 Å². The Kier molecular flexibility index (Phi) is 5.42. The fourth-order valence-corrected chi connectivity index (χ4v) is 3.31. The van der Waals surface area contributed by atoms with E-state index in [9.17, 15) is 9.59 Å². The number of anilines is 2. The van der Waals surface area contributed by atoms with Crippen LogP contribution >= 0.6 is 11.6 Å². The highest BCUT2D eigenvalue weighted by Gasteiger charge is 2.48. The molecule has 2 atom stereocenters. The van der Waals surface area contributed by atoms with E-state index in [2.05, 4.69) is 10.6 Å². The maximum Gasteiger partial charge on any atom is 0.228 e. The molecule has 3 rings (SSSR count). The topological polar surface area (TPSA) is 67.4 Å². The number of amides is 2. The minimum absolute atomic E-state index is 0.119. The molecule has 0 radical (unpaired) electrons. The lowest BCUT2D eigenvalue weighted by Gasteiger charge is -2.13. The van der Waals surface area contributed by atoms with Crippen LogP contribution in [-0.4, -0.2) is 18.9 Å². The first-order valence-electron chi connectivity index (χ1n) is 8.84. The molecule has 0 spiro atoms. The van der Waals surface area contributed by atoms with Gasteiger partial charge in [0.1, 0.15) is 5.75 Å². The van der Waals surface area contributed by atoms with E-state index in [4.69, 9.17) is 16.3 Å². The fraction of sp³-hybridized carbons (Fsp3) is 0.333. The smallest absolute Gasteiger partial charge is 0.228 e. The summed E-state index contributed by atoms with van der Waals surface area (Å²) in [5, 5.41) is 6.40. The van der Waals surface area contributed by atoms with Gasteiger partial charge in [-0.1, -0.05) is 29.8 Å². The third-order valence-corrected chi connectivity index (χ3v) is 5.34. The van der Waals surface area contributed by atoms with Crippen molar-refractivity contribution >= 4 is 34.8 Å². The molecule has 0 bridgehead atoms. The van der Waals surface area contributed by atoms with Crippen LogP contribution in [0.4, 0.5) is 11.4 Å². The van der Waals surface area contributed by atoms with E-state index in [1.165, 1.54) is 7.11 Å². The van der Waals surface area contributed by atoms with Crippen LogP contribution in [0.5, 0.6) is 5.75 Å². The summed E-state index contributed by atoms with van der Waals surface area (Å²) < 4.78 is 5.28. The van der Waals surface area contributed by atoms with Gasteiger partial charge in [-0.3, -0.25) is 9.59 Å². The van der Waals surface area contributed by atoms with Crippen molar-refractivity contribution in [3.63, 3.8) is 0 Å². The van der Waals surface area contributed by atoms with Gasteiger partial charge < -0.3 is 15.4 Å². The number of carbonyl (C=O) groups is 2. The number of rotatable bonds is 5. The van der Waals surface area contributed by atoms with Gasteiger partial charge in [-0.2, -0.15) is 0 Å². The lowest BCUT2D eigenvalue weighted by Crippen LogP contribution is -2.21. The Morgan fingerprint density at radius 2 is 1.59 bits per heavy atom. The highest BCUT2D eigenvalue weighted by Crippen LogP contribution is 2.41. The predicted molar refractivity (Wildman–Crippen MR) is 108 cm³/mol. The van der Waals surface area contributed by atoms with Crippen LogP contribution in [0.25, 0.3) is 0 Å². The molecule has 0 heterocycles. The number of halogens is 1. The molecule has 2 amide bonds. The third-order valence-electron chi connectivity index (χ3n) is 4.93. The second-order valence-electron chi connectivity index (χ2n) is 7.00. The molecular formula is C21H23ClN2O3. The molecule has 142 valence electrons. The first-order chi connectivity index (χ1) is 12.8. The zero-order valence-corrected chi connectivity index (χ0v) is 16.6. The molecule has 1 aliphatic carbocycles. The number of para-hydroxylation sites is 1. The third kappa shape index (κ3) is 4.08. The van der Waals surface area contributed by atoms with E-state index in [1.807, 2.05) is 39.0 Å². The summed E-state index contributed by atoms with van der Waals surface area (Å²) in [7, 11) is 1.52. The van der Waals surface area contributed by atoms with Crippen LogP contribution in [0.2, 0.25) is 5.02 Å². The standard InChI is InChI=1S/C21H23ClN2O3/c1-11-6-5-7-12(2)19(11)24-21(26)15-9-14(15)20(25)23-17-8-13(3)16(22)10-18(17)27-4/h5-8,10,14-15H,9H2,1-4H3,(H,23,25)(H,24,26). The van der Waals surface area contributed by atoms with Gasteiger partial charge in [0.2, 0.25) is 11.8 Å². The predicted octanol–water partition coefficient (Wildman–Crippen LogP) is 4.49. The molecule has 27 heavy (non-hydrogen) atoms. The maximum absolute atomic E-state index is 12.6. The first kappa shape index (κ1) is 19.2. The van der Waals surface area contributed by atoms with Gasteiger partial charge in [0.05, 0.1) is 24.6 Å². The molecule has 6 heteroatoms. The van der Waals surface area contributed by atoms with Crippen molar-refractivity contribution < 1.29 is 14.3 Å². The van der Waals surface area contributed by atoms with Gasteiger partial charge in [0.15, 0.2) is 0 Å². The van der Waals surface area contributed by atoms with E-state index < -0.39 is 0 Å². The van der Waals surface area contributed by atoms with Crippen molar-refractivity contribution in [1.82, 2.24) is 0 Å². The van der Waals surface area contributed by atoms with Crippen molar-refractivity contribution in [2.75, 3.05) is 17.7 Å². The number of hydrogen-bond donors (Lipinski definition) is 2. The average Bonchev–Trinajstić information content (AvgIpc) is 3.42. The molecule has 0 saturated heterocycles. The normalized spacial score (nSPS) is 18.0. The molecule has 0 aliphatic heterocycles. The van der Waals surface area contributed by atoms with Crippen LogP contribution in [0.15, 0.2) is 30.3 Å². The summed E-state index contributed by atoms with van der Waals surface area (Å²) in [4.78, 5) is 25.1. The molecule has 0 aromatic heterocycles. The summed E-state index contributed by atoms with van der Waals surface area (Å²) in [5.74, 6) is -0.460. The number of ether oxygens (including phenoxy) is 1. The number of methoxy groups -OCH3 is 1. The molecule has 5 nitrogen and oxygen atoms in total. The molecule has 1 aliphatic rings. The molecule has 2 N–H and O–H groups in total. The molecule has 2 aromatic carbocycles. The first-order valence-corrected chi connectivity index (χ1v) is 9.21. The summed E-state index contributed by atoms with van der Waals surface area (Å²) in [6.07, 6.45) is 0.539. The Bertz CT molecular complexity index is 890. The SMILES string of the molecule is COc1cc(Cl)c(C)cc1NC(=O)C1CC1C(=O)Nc1c(C)cccc1C. The van der Waals surface area contributed by atoms with E-state index in [0.717, 1.165) is 22.4 Å². The minimum Gasteiger partial charge on any atom is -0.495 e. The van der Waals surface area contributed by atoms with Crippen molar-refractivity contribution in [2.24, 2.45) is 11.8 Å². The van der Waals surface area contributed by atoms with E-state index >= 15 is 0 Å². The molecular weight excluding hydrogens is 364 g/mol. The van der Waals surface area contributed by atoms with Gasteiger partial charge >= 0.3 is 0 Å². The molecule has 2 unspecified atom stereocenters. The number of benzene rings is 2. The summed E-state index contributed by atoms with van der Waals surface area (Å²) in [5.41, 5.74) is 4.24. The van der Waals surface area contributed by atoms with Gasteiger partial charge in [-0.25, -0.2) is 0 Å². The Morgan fingerprint density at radius 3 is 2.19 bits per heavy atom. The Labute approximate surface area is 164 Å². The molecule has 2 aromatic rings. The minimum atomic E-state index is -0.338. The highest BCUT2D eigenvalue weighted by molar-refractivity contribution is 6.31. The van der Waals surface area contributed by atoms with E-state index in [1.54, 1.807) is 12.1 Å². The van der Waals surface area contributed by atoms with Crippen LogP contribution in [-0.2, 0) is 9.59 Å². The van der Waals surface area contributed by atoms with Gasteiger partial charge in [0.25, 0.3) is 0 Å². The van der Waals surface area contributed by atoms with Crippen LogP contribution in [0, 0.1) is 32.6 Å². The number of carbonyl (C=O) groups excluding carboxylic acids is 2. The second kappa shape index (κ2) is 7.61. The van der Waals surface area contributed by atoms with Gasteiger partial charge in [0, 0.05) is 16.8 Å². The van der Waals surface area contributed by atoms with Crippen LogP contribution in [0.3, 0.4) is 0 Å². The summed E-state index contributed by atoms with van der Waals surface area (Å²) in [6.45, 7) is 5.76. The Morgan fingerprint density at radius 1 is 1.00 bits per heavy atom. The van der Waals surface area contributed by atoms with Gasteiger partial charge in [-0.05, 0) is 49.9 Å². The van der Waals surface area contributed by atoms with Crippen molar-refractivity contribution in [2.45, 2.75) is 27.2 Å². The number of nitrogens with one attached hydrogen (secondary N) is 2. The molecule has 1 saturated carbocycles. The zero-order chi connectivity index (χ0) is 19.7. The van der Waals surface area contributed by atoms with Crippen LogP contribution in [0.1, 0.15) is 23.1 Å². The largest absolute Gasteiger partial charge is 0.495 e. The quantitative estimate of drug-likeness (QED) is 0.795. The fourth-order valence-electron chi connectivity index (χ4n) is 3.16. The van der Waals surface area contributed by atoms with E-state index in [0.29, 0.717) is 22.9 Å². The number of aryl methyl sites for hydroxylation is 3.